The average molecular weight is 1110 g/mol. The number of hydrogen-bond acceptors (Lipinski definition) is 14. The summed E-state index contributed by atoms with van der Waals surface area (Å²) in [5.41, 5.74) is 19.3. The van der Waals surface area contributed by atoms with Gasteiger partial charge in [0, 0.05) is 158 Å². The number of ether oxygens (including phenoxy) is 4. The first-order valence-electron chi connectivity index (χ1n) is 24.1. The number of rotatable bonds is 0. The van der Waals surface area contributed by atoms with Crippen molar-refractivity contribution in [2.24, 2.45) is 21.5 Å². The molecular formula is C58H104N8O8S2. The molecule has 0 radical (unpaired) electrons. The van der Waals surface area contributed by atoms with Crippen molar-refractivity contribution in [1.82, 2.24) is 0 Å². The van der Waals surface area contributed by atoms with Crippen LogP contribution in [0, 0.1) is 0 Å². The highest BCUT2D eigenvalue weighted by Gasteiger charge is 2.40. The first-order valence-corrected chi connectivity index (χ1v) is 24.9. The Morgan fingerprint density at radius 3 is 1.01 bits per heavy atom. The topological polar surface area (TPSA) is 225 Å². The number of methoxy groups -OCH3 is 4. The second kappa shape index (κ2) is 46.3. The summed E-state index contributed by atoms with van der Waals surface area (Å²) in [5.74, 6) is 2.19. The van der Waals surface area contributed by atoms with Gasteiger partial charge in [-0.2, -0.15) is 0 Å². The molecule has 16 nitrogen and oxygen atoms in total. The van der Waals surface area contributed by atoms with Crippen molar-refractivity contribution >= 4 is 68.8 Å². The van der Waals surface area contributed by atoms with Gasteiger partial charge in [-0.15, -0.1) is 0 Å². The van der Waals surface area contributed by atoms with Gasteiger partial charge in [-0.3, -0.25) is 9.98 Å². The van der Waals surface area contributed by atoms with Gasteiger partial charge in [0.2, 0.25) is 0 Å². The van der Waals surface area contributed by atoms with E-state index in [0.29, 0.717) is 0 Å². The molecular weight excluding hydrogens is 1000 g/mol. The lowest BCUT2D eigenvalue weighted by Crippen LogP contribution is -2.33. The number of aliphatic hydroxyl groups excluding tert-OH is 4. The molecule has 0 atom stereocenters. The van der Waals surface area contributed by atoms with Crippen LogP contribution in [0.4, 0.5) is 22.7 Å². The predicted octanol–water partition coefficient (Wildman–Crippen LogP) is 8.95. The Labute approximate surface area is 472 Å². The van der Waals surface area contributed by atoms with Gasteiger partial charge in [-0.25, -0.2) is 0 Å². The Morgan fingerprint density at radius 1 is 0.421 bits per heavy atom. The van der Waals surface area contributed by atoms with Crippen molar-refractivity contribution in [2.45, 2.75) is 77.0 Å². The molecule has 76 heavy (non-hydrogen) atoms. The van der Waals surface area contributed by atoms with Gasteiger partial charge in [0.25, 0.3) is 0 Å². The molecule has 0 fully saturated rings. The number of aliphatic imine (C=N–C) groups is 2. The number of fused-ring (bicyclic) bond motifs is 4. The standard InChI is InChI=1S/C12H16N2.C11H14N2.C11H13NS.C10H11NS.4C2H6O.2CH5N.4CH4O/c1-12(2)9-7-5-6-8-10(9)14(4)11(12)13-3;1-11(2)8-6-4-5-7-9(8)13-10(11)12-3;1-11(2)8-6-4-5-7-9(8)12(3)10(11)13;1-10(2)7-5-3-4-6-8(7)11-9(10)12;4*1-3-2;6*1-2/h5-8H,1-4H3;4-7H,1-3H3,(H,12,13);4-7H,1-3H3;3-6H,1-2H3,(H,11,12);4*1-2H3;2*2H2,1H3;4*2H,1H3. The van der Waals surface area contributed by atoms with E-state index >= 15 is 0 Å². The molecule has 0 bridgehead atoms. The Morgan fingerprint density at radius 2 is 0.711 bits per heavy atom. The van der Waals surface area contributed by atoms with E-state index in [4.69, 9.17) is 44.9 Å². The largest absolute Gasteiger partial charge is 0.400 e. The number of benzene rings is 4. The summed E-state index contributed by atoms with van der Waals surface area (Å²) in [7, 11) is 27.8. The van der Waals surface area contributed by atoms with E-state index in [1.807, 2.05) is 33.3 Å². The van der Waals surface area contributed by atoms with Gasteiger partial charge in [0.15, 0.2) is 0 Å². The summed E-state index contributed by atoms with van der Waals surface area (Å²) in [6.07, 6.45) is 0. The summed E-state index contributed by atoms with van der Waals surface area (Å²) in [6, 6.07) is 33.5. The van der Waals surface area contributed by atoms with Crippen molar-refractivity contribution in [3.8, 4) is 0 Å². The number of likely N-dealkylation sites (N-methyl/N-ethyl adjacent to an activating group) is 2. The van der Waals surface area contributed by atoms with Crippen LogP contribution in [-0.2, 0) is 40.6 Å². The maximum atomic E-state index is 7.00. The molecule has 0 saturated heterocycles. The third-order valence-corrected chi connectivity index (χ3v) is 12.3. The minimum atomic E-state index is 0.00588. The molecule has 436 valence electrons. The SMILES string of the molecule is CC1(C)C(=S)Nc2ccccc21.CN.CN.CN1C(=S)C(C)(C)c2ccccc21.CN=C1N(C)c2ccccc2C1(C)C.CN=C1Nc2ccccc2C1(C)C.CO.CO.CO.CO.COC.COC.COC.COC. The lowest BCUT2D eigenvalue weighted by Gasteiger charge is -2.21. The Bertz CT molecular complexity index is 2160. The van der Waals surface area contributed by atoms with Gasteiger partial charge in [-0.05, 0) is 116 Å². The number of amidine groups is 2. The second-order valence-corrected chi connectivity index (χ2v) is 18.2. The first-order chi connectivity index (χ1) is 36.1. The first kappa shape index (κ1) is 82.5. The molecule has 0 amide bonds. The van der Waals surface area contributed by atoms with Gasteiger partial charge in [0.1, 0.15) is 11.7 Å². The predicted molar refractivity (Wildman–Crippen MR) is 338 cm³/mol. The highest BCUT2D eigenvalue weighted by atomic mass is 32.1. The van der Waals surface area contributed by atoms with Gasteiger partial charge < -0.3 is 71.3 Å². The Kier molecular flexibility index (Phi) is 50.3. The molecule has 18 heteroatoms. The van der Waals surface area contributed by atoms with Crippen LogP contribution in [0.1, 0.15) is 77.6 Å². The number of anilines is 4. The maximum Gasteiger partial charge on any atom is 0.113 e. The van der Waals surface area contributed by atoms with Crippen LogP contribution in [0.3, 0.4) is 0 Å². The Balaban J connectivity index is -0.000000189. The lowest BCUT2D eigenvalue weighted by molar-refractivity contribution is 0.277. The summed E-state index contributed by atoms with van der Waals surface area (Å²) >= 11 is 10.7. The zero-order chi connectivity index (χ0) is 61.1. The van der Waals surface area contributed by atoms with Crippen molar-refractivity contribution in [2.75, 3.05) is 148 Å². The number of nitrogens with zero attached hydrogens (tertiary/aromatic N) is 4. The zero-order valence-electron chi connectivity index (χ0n) is 51.4. The van der Waals surface area contributed by atoms with Gasteiger partial charge in [0.05, 0.1) is 9.98 Å². The molecule has 8 rings (SSSR count). The van der Waals surface area contributed by atoms with Crippen LogP contribution in [-0.4, -0.2) is 170 Å². The monoisotopic (exact) mass is 1100 g/mol. The fourth-order valence-electron chi connectivity index (χ4n) is 7.74. The third-order valence-electron chi connectivity index (χ3n) is 10.9. The smallest absolute Gasteiger partial charge is 0.113 e. The highest BCUT2D eigenvalue weighted by Crippen LogP contribution is 2.42. The minimum absolute atomic E-state index is 0.00588. The minimum Gasteiger partial charge on any atom is -0.400 e. The molecule has 0 unspecified atom stereocenters. The molecule has 0 aromatic heterocycles. The van der Waals surface area contributed by atoms with Crippen LogP contribution in [0.15, 0.2) is 107 Å². The lowest BCUT2D eigenvalue weighted by atomic mass is 9.86. The quantitative estimate of drug-likeness (QED) is 0.0770. The van der Waals surface area contributed by atoms with Crippen LogP contribution in [0.25, 0.3) is 0 Å². The maximum absolute atomic E-state index is 7.00. The van der Waals surface area contributed by atoms with E-state index in [1.165, 1.54) is 53.4 Å². The van der Waals surface area contributed by atoms with Crippen molar-refractivity contribution in [3.05, 3.63) is 119 Å². The fraction of sp³-hybridized carbons (Fsp3) is 0.517. The molecule has 0 aliphatic carbocycles. The molecule has 10 N–H and O–H groups in total. The van der Waals surface area contributed by atoms with Gasteiger partial charge >= 0.3 is 0 Å². The van der Waals surface area contributed by atoms with Crippen molar-refractivity contribution in [3.63, 3.8) is 0 Å². The van der Waals surface area contributed by atoms with Crippen LogP contribution < -0.4 is 31.9 Å². The normalized spacial score (nSPS) is 15.2. The van der Waals surface area contributed by atoms with Crippen molar-refractivity contribution < 1.29 is 39.4 Å². The molecule has 4 aliphatic rings. The zero-order valence-corrected chi connectivity index (χ0v) is 53.1. The van der Waals surface area contributed by atoms with E-state index in [0.717, 1.165) is 55.8 Å². The van der Waals surface area contributed by atoms with Crippen LogP contribution in [0.2, 0.25) is 0 Å². The highest BCUT2D eigenvalue weighted by molar-refractivity contribution is 7.81. The van der Waals surface area contributed by atoms with E-state index < -0.39 is 0 Å². The summed E-state index contributed by atoms with van der Waals surface area (Å²) in [5, 5.41) is 34.5. The van der Waals surface area contributed by atoms with E-state index in [1.54, 1.807) is 56.9 Å². The molecule has 0 saturated carbocycles. The number of para-hydroxylation sites is 4. The summed E-state index contributed by atoms with van der Waals surface area (Å²) in [4.78, 5) is 14.8. The summed E-state index contributed by atoms with van der Waals surface area (Å²) < 4.78 is 17.0. The molecule has 4 aliphatic heterocycles. The molecule has 4 aromatic rings. The molecule has 0 spiro atoms. The Hall–Kier alpha value is -4.80. The molecule has 4 heterocycles. The summed E-state index contributed by atoms with van der Waals surface area (Å²) in [6.45, 7) is 17.5. The molecule has 4 aromatic carbocycles. The fourth-order valence-corrected chi connectivity index (χ4v) is 8.17. The van der Waals surface area contributed by atoms with Crippen LogP contribution >= 0.6 is 24.4 Å². The van der Waals surface area contributed by atoms with E-state index in [9.17, 15) is 0 Å². The number of nitrogens with one attached hydrogen (secondary N) is 2. The van der Waals surface area contributed by atoms with E-state index in [-0.39, 0.29) is 21.7 Å². The third kappa shape index (κ3) is 24.3. The number of nitrogens with two attached hydrogens (primary N) is 2. The van der Waals surface area contributed by atoms with Crippen molar-refractivity contribution in [1.29, 1.82) is 0 Å². The second-order valence-electron chi connectivity index (χ2n) is 17.4. The van der Waals surface area contributed by atoms with Crippen LogP contribution in [0.5, 0.6) is 0 Å². The van der Waals surface area contributed by atoms with Gasteiger partial charge in [-0.1, -0.05) is 97.2 Å². The average Bonchev–Trinajstić information content (AvgIpc) is 3.99. The number of hydrogen-bond donors (Lipinski definition) is 8. The van der Waals surface area contributed by atoms with E-state index in [2.05, 4.69) is 208 Å². The number of aliphatic hydroxyl groups is 4. The number of thiocarbonyl (C=S) groups is 2.